The van der Waals surface area contributed by atoms with Crippen LogP contribution in [-0.4, -0.2) is 28.9 Å². The van der Waals surface area contributed by atoms with Gasteiger partial charge in [0.05, 0.1) is 11.3 Å². The molecule has 1 saturated heterocycles. The van der Waals surface area contributed by atoms with Crippen LogP contribution in [0.15, 0.2) is 61.2 Å². The minimum Gasteiger partial charge on any atom is -0.364 e. The highest BCUT2D eigenvalue weighted by Crippen LogP contribution is 2.60. The lowest BCUT2D eigenvalue weighted by molar-refractivity contribution is -0.119. The van der Waals surface area contributed by atoms with Crippen LogP contribution in [0.3, 0.4) is 0 Å². The molecule has 3 heterocycles. The van der Waals surface area contributed by atoms with Gasteiger partial charge in [-0.25, -0.2) is 0 Å². The van der Waals surface area contributed by atoms with E-state index in [-0.39, 0.29) is 23.4 Å². The summed E-state index contributed by atoms with van der Waals surface area (Å²) < 4.78 is 0. The molecule has 2 aromatic rings. The Bertz CT molecular complexity index is 1030. The second-order valence-electron chi connectivity index (χ2n) is 8.46. The van der Waals surface area contributed by atoms with Gasteiger partial charge >= 0.3 is 0 Å². The molecule has 5 nitrogen and oxygen atoms in total. The van der Waals surface area contributed by atoms with Gasteiger partial charge in [-0.2, -0.15) is 0 Å². The Morgan fingerprint density at radius 3 is 2.54 bits per heavy atom. The second-order valence-corrected chi connectivity index (χ2v) is 8.46. The van der Waals surface area contributed by atoms with E-state index in [4.69, 9.17) is 0 Å². The summed E-state index contributed by atoms with van der Waals surface area (Å²) in [5, 5.41) is 6.53. The third-order valence-electron chi connectivity index (χ3n) is 6.91. The molecular weight excluding hydrogens is 350 g/mol. The van der Waals surface area contributed by atoms with Gasteiger partial charge in [-0.3, -0.25) is 9.59 Å². The highest BCUT2D eigenvalue weighted by atomic mass is 16.2. The SMILES string of the molecule is C=CC(C)(C)[C@]12C[C@H]3C(=O)Nc4ccccc4C(=O)N3[C@H]1Nc1ccccc12. The van der Waals surface area contributed by atoms with Gasteiger partial charge in [0.25, 0.3) is 5.91 Å². The number of carbonyl (C=O) groups is 2. The Morgan fingerprint density at radius 1 is 1.11 bits per heavy atom. The number of para-hydroxylation sites is 2. The van der Waals surface area contributed by atoms with Crippen LogP contribution < -0.4 is 10.6 Å². The number of nitrogens with zero attached hydrogens (tertiary/aromatic N) is 1. The first-order valence-corrected chi connectivity index (χ1v) is 9.63. The first kappa shape index (κ1) is 17.0. The molecule has 1 fully saturated rings. The molecule has 0 radical (unpaired) electrons. The summed E-state index contributed by atoms with van der Waals surface area (Å²) in [7, 11) is 0. The molecule has 2 aromatic carbocycles. The topological polar surface area (TPSA) is 61.4 Å². The van der Waals surface area contributed by atoms with Gasteiger partial charge in [0, 0.05) is 11.1 Å². The third kappa shape index (κ3) is 1.91. The Balaban J connectivity index is 1.74. The fraction of sp³-hybridized carbons (Fsp3) is 0.304. The van der Waals surface area contributed by atoms with Crippen LogP contribution in [0.2, 0.25) is 0 Å². The summed E-state index contributed by atoms with van der Waals surface area (Å²) in [5.74, 6) is -0.253. The Morgan fingerprint density at radius 2 is 1.79 bits per heavy atom. The number of fused-ring (bicyclic) bond motifs is 6. The van der Waals surface area contributed by atoms with Gasteiger partial charge in [-0.1, -0.05) is 50.3 Å². The normalized spacial score (nSPS) is 27.7. The number of rotatable bonds is 2. The van der Waals surface area contributed by atoms with Gasteiger partial charge in [0.15, 0.2) is 0 Å². The third-order valence-corrected chi connectivity index (χ3v) is 6.91. The smallest absolute Gasteiger partial charge is 0.258 e. The summed E-state index contributed by atoms with van der Waals surface area (Å²) in [6.07, 6.45) is 2.19. The predicted octanol–water partition coefficient (Wildman–Crippen LogP) is 3.76. The van der Waals surface area contributed by atoms with Crippen LogP contribution in [0.25, 0.3) is 0 Å². The molecule has 5 rings (SSSR count). The number of benzene rings is 2. The van der Waals surface area contributed by atoms with E-state index in [2.05, 4.69) is 37.1 Å². The van der Waals surface area contributed by atoms with E-state index in [0.717, 1.165) is 11.3 Å². The molecule has 28 heavy (non-hydrogen) atoms. The molecule has 0 aromatic heterocycles. The van der Waals surface area contributed by atoms with Crippen LogP contribution in [0.4, 0.5) is 11.4 Å². The van der Waals surface area contributed by atoms with E-state index in [1.165, 1.54) is 0 Å². The molecule has 142 valence electrons. The van der Waals surface area contributed by atoms with Crippen LogP contribution >= 0.6 is 0 Å². The lowest BCUT2D eigenvalue weighted by Crippen LogP contribution is -2.53. The first-order chi connectivity index (χ1) is 13.4. The van der Waals surface area contributed by atoms with E-state index >= 15 is 0 Å². The Labute approximate surface area is 164 Å². The minimum atomic E-state index is -0.537. The van der Waals surface area contributed by atoms with Gasteiger partial charge in [-0.15, -0.1) is 6.58 Å². The van der Waals surface area contributed by atoms with Gasteiger partial charge in [-0.05, 0) is 35.6 Å². The maximum Gasteiger partial charge on any atom is 0.258 e. The van der Waals surface area contributed by atoms with Crippen molar-refractivity contribution < 1.29 is 9.59 Å². The van der Waals surface area contributed by atoms with Gasteiger partial charge < -0.3 is 15.5 Å². The van der Waals surface area contributed by atoms with Crippen molar-refractivity contribution in [2.75, 3.05) is 10.6 Å². The summed E-state index contributed by atoms with van der Waals surface area (Å²) in [6, 6.07) is 14.8. The quantitative estimate of drug-likeness (QED) is 0.788. The molecule has 3 aliphatic heterocycles. The molecule has 0 aliphatic carbocycles. The van der Waals surface area contributed by atoms with Gasteiger partial charge in [0.2, 0.25) is 5.91 Å². The number of hydrogen-bond acceptors (Lipinski definition) is 3. The molecule has 2 amide bonds. The lowest BCUT2D eigenvalue weighted by Gasteiger charge is -2.43. The number of amides is 2. The maximum absolute atomic E-state index is 13.6. The monoisotopic (exact) mass is 373 g/mol. The molecule has 0 spiro atoms. The van der Waals surface area contributed by atoms with Crippen molar-refractivity contribution in [3.8, 4) is 0 Å². The zero-order valence-corrected chi connectivity index (χ0v) is 16.0. The van der Waals surface area contributed by atoms with Crippen LogP contribution in [0, 0.1) is 5.41 Å². The Hall–Kier alpha value is -3.08. The summed E-state index contributed by atoms with van der Waals surface area (Å²) in [6.45, 7) is 8.36. The van der Waals surface area contributed by atoms with Crippen LogP contribution in [0.1, 0.15) is 36.2 Å². The van der Waals surface area contributed by atoms with Crippen molar-refractivity contribution in [1.29, 1.82) is 0 Å². The van der Waals surface area contributed by atoms with Crippen LogP contribution in [-0.2, 0) is 10.2 Å². The molecule has 0 bridgehead atoms. The molecule has 0 unspecified atom stereocenters. The fourth-order valence-electron chi connectivity index (χ4n) is 5.28. The Kier molecular flexibility index (Phi) is 3.33. The number of hydrogen-bond donors (Lipinski definition) is 2. The van der Waals surface area contributed by atoms with E-state index in [1.54, 1.807) is 17.0 Å². The maximum atomic E-state index is 13.6. The van der Waals surface area contributed by atoms with Crippen LogP contribution in [0.5, 0.6) is 0 Å². The summed E-state index contributed by atoms with van der Waals surface area (Å²) >= 11 is 0. The zero-order chi connectivity index (χ0) is 19.7. The second kappa shape index (κ2) is 5.47. The predicted molar refractivity (Wildman–Crippen MR) is 109 cm³/mol. The highest BCUT2D eigenvalue weighted by Gasteiger charge is 2.66. The van der Waals surface area contributed by atoms with Crippen molar-refractivity contribution in [3.05, 3.63) is 72.3 Å². The van der Waals surface area contributed by atoms with E-state index in [0.29, 0.717) is 17.7 Å². The average Bonchev–Trinajstić information content (AvgIpc) is 3.17. The zero-order valence-electron chi connectivity index (χ0n) is 16.0. The van der Waals surface area contributed by atoms with Crippen molar-refractivity contribution in [3.63, 3.8) is 0 Å². The van der Waals surface area contributed by atoms with E-state index < -0.39 is 11.5 Å². The number of allylic oxidation sites excluding steroid dienone is 1. The average molecular weight is 373 g/mol. The lowest BCUT2D eigenvalue weighted by atomic mass is 9.60. The molecule has 2 N–H and O–H groups in total. The van der Waals surface area contributed by atoms with E-state index in [9.17, 15) is 9.59 Å². The van der Waals surface area contributed by atoms with Crippen molar-refractivity contribution in [1.82, 2.24) is 4.90 Å². The number of carbonyl (C=O) groups excluding carboxylic acids is 2. The minimum absolute atomic E-state index is 0.119. The molecule has 5 heteroatoms. The fourth-order valence-corrected chi connectivity index (χ4v) is 5.28. The summed E-state index contributed by atoms with van der Waals surface area (Å²) in [4.78, 5) is 28.5. The highest BCUT2D eigenvalue weighted by molar-refractivity contribution is 6.10. The molecule has 0 saturated carbocycles. The van der Waals surface area contributed by atoms with Crippen molar-refractivity contribution in [2.24, 2.45) is 5.41 Å². The van der Waals surface area contributed by atoms with Crippen molar-refractivity contribution in [2.45, 2.75) is 37.9 Å². The van der Waals surface area contributed by atoms with Gasteiger partial charge in [0.1, 0.15) is 12.2 Å². The number of nitrogens with one attached hydrogen (secondary N) is 2. The number of anilines is 2. The molecule has 3 aliphatic rings. The molecule has 3 atom stereocenters. The summed E-state index contributed by atoms with van der Waals surface area (Å²) in [5.41, 5.74) is 2.51. The largest absolute Gasteiger partial charge is 0.364 e. The first-order valence-electron chi connectivity index (χ1n) is 9.63. The van der Waals surface area contributed by atoms with Crippen molar-refractivity contribution >= 4 is 23.2 Å². The molecular formula is C23H23N3O2. The standard InChI is InChI=1S/C23H23N3O2/c1-4-22(2,3)23-13-18-19(27)24-16-11-7-5-9-14(16)20(28)26(18)21(23)25-17-12-8-6-10-15(17)23/h4-12,18,21,25H,1,13H2,2-3H3,(H,24,27)/t18-,21+,23-/m0/s1. The van der Waals surface area contributed by atoms with E-state index in [1.807, 2.05) is 36.4 Å².